The number of halogens is 4. The van der Waals surface area contributed by atoms with Crippen LogP contribution in [-0.4, -0.2) is 23.8 Å². The number of amides is 1. The molecule has 0 atom stereocenters. The normalized spacial score (nSPS) is 10.7. The molecule has 0 radical (unpaired) electrons. The van der Waals surface area contributed by atoms with Crippen molar-refractivity contribution in [1.82, 2.24) is 0 Å². The van der Waals surface area contributed by atoms with Gasteiger partial charge in [-0.1, -0.05) is 23.4 Å². The summed E-state index contributed by atoms with van der Waals surface area (Å²) in [7, 11) is 0. The number of hydrogen-bond donors (Lipinski definition) is 2. The summed E-state index contributed by atoms with van der Waals surface area (Å²) in [5.74, 6) is 4.07. The fraction of sp³-hybridized carbons (Fsp3) is 0.308. The van der Waals surface area contributed by atoms with E-state index in [4.69, 9.17) is 16.7 Å². The molecule has 0 unspecified atom stereocenters. The average Bonchev–Trinajstić information content (AvgIpc) is 2.29. The lowest BCUT2D eigenvalue weighted by atomic mass is 10.1. The maximum atomic E-state index is 12.1. The van der Waals surface area contributed by atoms with Gasteiger partial charge in [-0.2, -0.15) is 13.2 Å². The molecule has 0 fully saturated rings. The Morgan fingerprint density at radius 3 is 2.70 bits per heavy atom. The predicted molar refractivity (Wildman–Crippen MR) is 69.3 cm³/mol. The van der Waals surface area contributed by atoms with E-state index in [-0.39, 0.29) is 23.7 Å². The van der Waals surface area contributed by atoms with Crippen LogP contribution in [0.1, 0.15) is 18.4 Å². The molecule has 0 aliphatic carbocycles. The topological polar surface area (TPSA) is 49.3 Å². The highest BCUT2D eigenvalue weighted by Gasteiger charge is 2.31. The van der Waals surface area contributed by atoms with Crippen LogP contribution in [0, 0.1) is 11.8 Å². The van der Waals surface area contributed by atoms with Gasteiger partial charge in [-0.15, -0.1) is 0 Å². The molecule has 1 rings (SSSR count). The number of benzene rings is 1. The zero-order chi connectivity index (χ0) is 15.2. The Bertz CT molecular complexity index is 547. The van der Waals surface area contributed by atoms with Crippen LogP contribution in [0.3, 0.4) is 0 Å². The van der Waals surface area contributed by atoms with E-state index >= 15 is 0 Å². The lowest BCUT2D eigenvalue weighted by Crippen LogP contribution is -2.21. The molecule has 7 heteroatoms. The zero-order valence-electron chi connectivity index (χ0n) is 10.2. The van der Waals surface area contributed by atoms with Crippen molar-refractivity contribution in [3.05, 3.63) is 28.8 Å². The van der Waals surface area contributed by atoms with Crippen LogP contribution < -0.4 is 5.32 Å². The van der Waals surface area contributed by atoms with Gasteiger partial charge < -0.3 is 10.4 Å². The predicted octanol–water partition coefficient (Wildman–Crippen LogP) is 2.96. The van der Waals surface area contributed by atoms with Gasteiger partial charge >= 0.3 is 6.18 Å². The molecule has 1 aromatic carbocycles. The van der Waals surface area contributed by atoms with Crippen LogP contribution in [0.5, 0.6) is 0 Å². The maximum absolute atomic E-state index is 12.1. The quantitative estimate of drug-likeness (QED) is 0.844. The van der Waals surface area contributed by atoms with Gasteiger partial charge in [-0.3, -0.25) is 4.79 Å². The SMILES string of the molecule is O=C(CC(F)(F)F)Nc1cc(Cl)ccc1C#CCCO. The fourth-order valence-electron chi connectivity index (χ4n) is 1.32. The number of hydrogen-bond acceptors (Lipinski definition) is 2. The molecule has 3 nitrogen and oxygen atoms in total. The number of carbonyl (C=O) groups is 1. The molecule has 0 heterocycles. The molecular weight excluding hydrogens is 295 g/mol. The third kappa shape index (κ3) is 5.95. The maximum Gasteiger partial charge on any atom is 0.397 e. The Labute approximate surface area is 118 Å². The molecular formula is C13H11ClF3NO2. The molecule has 0 aliphatic heterocycles. The molecule has 0 aliphatic rings. The van der Waals surface area contributed by atoms with E-state index in [0.29, 0.717) is 5.56 Å². The standard InChI is InChI=1S/C13H11ClF3NO2/c14-10-5-4-9(3-1-2-6-19)11(7-10)18-12(20)8-13(15,16)17/h4-5,7,19H,2,6,8H2,(H,18,20). The first-order valence-electron chi connectivity index (χ1n) is 5.57. The van der Waals surface area contributed by atoms with Crippen LogP contribution >= 0.6 is 11.6 Å². The summed E-state index contributed by atoms with van der Waals surface area (Å²) in [4.78, 5) is 11.3. The number of anilines is 1. The van der Waals surface area contributed by atoms with Gasteiger partial charge in [0.2, 0.25) is 5.91 Å². The van der Waals surface area contributed by atoms with E-state index in [9.17, 15) is 18.0 Å². The number of carbonyl (C=O) groups excluding carboxylic acids is 1. The number of rotatable bonds is 3. The van der Waals surface area contributed by atoms with Crippen molar-refractivity contribution in [3.8, 4) is 11.8 Å². The summed E-state index contributed by atoms with van der Waals surface area (Å²) in [5.41, 5.74) is 0.440. The van der Waals surface area contributed by atoms with Gasteiger partial charge in [0.05, 0.1) is 12.3 Å². The number of aliphatic hydroxyl groups is 1. The van der Waals surface area contributed by atoms with E-state index in [1.807, 2.05) is 0 Å². The Kier molecular flexibility index (Phi) is 5.86. The smallest absolute Gasteiger partial charge is 0.395 e. The van der Waals surface area contributed by atoms with Gasteiger partial charge in [0.15, 0.2) is 0 Å². The fourth-order valence-corrected chi connectivity index (χ4v) is 1.49. The summed E-state index contributed by atoms with van der Waals surface area (Å²) in [6.45, 7) is -0.129. The molecule has 0 spiro atoms. The van der Waals surface area contributed by atoms with Crippen molar-refractivity contribution in [2.75, 3.05) is 11.9 Å². The largest absolute Gasteiger partial charge is 0.397 e. The third-order valence-corrected chi connectivity index (χ3v) is 2.31. The minimum absolute atomic E-state index is 0.109. The highest BCUT2D eigenvalue weighted by molar-refractivity contribution is 6.31. The van der Waals surface area contributed by atoms with E-state index in [2.05, 4.69) is 17.2 Å². The van der Waals surface area contributed by atoms with Gasteiger partial charge in [0.1, 0.15) is 6.42 Å². The molecule has 0 bridgehead atoms. The Balaban J connectivity index is 2.90. The van der Waals surface area contributed by atoms with Crippen LogP contribution in [0.25, 0.3) is 0 Å². The van der Waals surface area contributed by atoms with E-state index in [1.54, 1.807) is 0 Å². The second-order valence-electron chi connectivity index (χ2n) is 3.81. The average molecular weight is 306 g/mol. The molecule has 1 aromatic rings. The highest BCUT2D eigenvalue weighted by atomic mass is 35.5. The molecule has 108 valence electrons. The summed E-state index contributed by atoms with van der Waals surface area (Å²) < 4.78 is 36.3. The zero-order valence-corrected chi connectivity index (χ0v) is 11.0. The van der Waals surface area contributed by atoms with Crippen molar-refractivity contribution in [1.29, 1.82) is 0 Å². The molecule has 20 heavy (non-hydrogen) atoms. The van der Waals surface area contributed by atoms with E-state index in [1.165, 1.54) is 18.2 Å². The summed E-state index contributed by atoms with van der Waals surface area (Å²) >= 11 is 5.73. The summed E-state index contributed by atoms with van der Waals surface area (Å²) in [5, 5.41) is 11.0. The summed E-state index contributed by atoms with van der Waals surface area (Å²) in [6, 6.07) is 4.30. The van der Waals surface area contributed by atoms with Crippen LogP contribution in [-0.2, 0) is 4.79 Å². The van der Waals surface area contributed by atoms with Crippen molar-refractivity contribution in [2.24, 2.45) is 0 Å². The van der Waals surface area contributed by atoms with Gasteiger partial charge in [0.25, 0.3) is 0 Å². The lowest BCUT2D eigenvalue weighted by Gasteiger charge is -2.09. The second-order valence-corrected chi connectivity index (χ2v) is 4.24. The van der Waals surface area contributed by atoms with Gasteiger partial charge in [-0.05, 0) is 18.2 Å². The molecule has 1 amide bonds. The Morgan fingerprint density at radius 1 is 1.40 bits per heavy atom. The Hall–Kier alpha value is -1.71. The van der Waals surface area contributed by atoms with Crippen molar-refractivity contribution >= 4 is 23.2 Å². The molecule has 0 aromatic heterocycles. The van der Waals surface area contributed by atoms with Gasteiger partial charge in [-0.25, -0.2) is 0 Å². The van der Waals surface area contributed by atoms with E-state index in [0.717, 1.165) is 0 Å². The van der Waals surface area contributed by atoms with Crippen LogP contribution in [0.2, 0.25) is 5.02 Å². The lowest BCUT2D eigenvalue weighted by molar-refractivity contribution is -0.150. The molecule has 0 saturated heterocycles. The highest BCUT2D eigenvalue weighted by Crippen LogP contribution is 2.23. The van der Waals surface area contributed by atoms with Crippen molar-refractivity contribution < 1.29 is 23.1 Å². The minimum atomic E-state index is -4.58. The molecule has 0 saturated carbocycles. The second kappa shape index (κ2) is 7.17. The van der Waals surface area contributed by atoms with Gasteiger partial charge in [0, 0.05) is 17.0 Å². The third-order valence-electron chi connectivity index (χ3n) is 2.08. The first-order chi connectivity index (χ1) is 9.31. The first kappa shape index (κ1) is 16.3. The Morgan fingerprint density at radius 2 is 2.10 bits per heavy atom. The van der Waals surface area contributed by atoms with E-state index < -0.39 is 18.5 Å². The number of aliphatic hydroxyl groups excluding tert-OH is 1. The number of nitrogens with one attached hydrogen (secondary N) is 1. The first-order valence-corrected chi connectivity index (χ1v) is 5.95. The van der Waals surface area contributed by atoms with Crippen LogP contribution in [0.4, 0.5) is 18.9 Å². The summed E-state index contributed by atoms with van der Waals surface area (Å²) in [6.07, 6.45) is -5.94. The van der Waals surface area contributed by atoms with Crippen LogP contribution in [0.15, 0.2) is 18.2 Å². The van der Waals surface area contributed by atoms with Crippen molar-refractivity contribution in [2.45, 2.75) is 19.0 Å². The van der Waals surface area contributed by atoms with Crippen molar-refractivity contribution in [3.63, 3.8) is 0 Å². The monoisotopic (exact) mass is 305 g/mol. The number of alkyl halides is 3. The minimum Gasteiger partial charge on any atom is -0.395 e. The molecule has 2 N–H and O–H groups in total.